The summed E-state index contributed by atoms with van der Waals surface area (Å²) in [4.78, 5) is 26.1. The van der Waals surface area contributed by atoms with Gasteiger partial charge in [-0.3, -0.25) is 9.69 Å². The van der Waals surface area contributed by atoms with E-state index in [4.69, 9.17) is 0 Å². The summed E-state index contributed by atoms with van der Waals surface area (Å²) in [5.41, 5.74) is -0.0327. The van der Waals surface area contributed by atoms with E-state index in [2.05, 4.69) is 0 Å². The van der Waals surface area contributed by atoms with Crippen LogP contribution in [0.2, 0.25) is 0 Å². The van der Waals surface area contributed by atoms with Crippen LogP contribution in [0.5, 0.6) is 0 Å². The highest BCUT2D eigenvalue weighted by Gasteiger charge is 2.36. The van der Waals surface area contributed by atoms with Gasteiger partial charge in [0.2, 0.25) is 5.91 Å². The number of imide groups is 1. The predicted octanol–water partition coefficient (Wildman–Crippen LogP) is 1.32. The van der Waals surface area contributed by atoms with E-state index in [1.54, 1.807) is 4.90 Å². The monoisotopic (exact) mass is 198 g/mol. The summed E-state index contributed by atoms with van der Waals surface area (Å²) in [6, 6.07) is -0.146. The Labute approximate surface area is 84.9 Å². The molecule has 0 radical (unpaired) electrons. The Balaban J connectivity index is 2.71. The minimum Gasteiger partial charge on any atom is -0.315 e. The van der Waals surface area contributed by atoms with Crippen molar-refractivity contribution in [1.29, 1.82) is 0 Å². The van der Waals surface area contributed by atoms with Crippen LogP contribution in [0, 0.1) is 5.41 Å². The van der Waals surface area contributed by atoms with Crippen LogP contribution in [0.15, 0.2) is 0 Å². The molecule has 0 N–H and O–H groups in total. The molecule has 1 heterocycles. The maximum atomic E-state index is 11.7. The topological polar surface area (TPSA) is 40.6 Å². The van der Waals surface area contributed by atoms with Gasteiger partial charge in [-0.2, -0.15) is 0 Å². The normalized spacial score (nSPS) is 18.3. The first kappa shape index (κ1) is 11.0. The van der Waals surface area contributed by atoms with Gasteiger partial charge in [0.05, 0.1) is 0 Å². The molecule has 0 aromatic heterocycles. The number of carbonyl (C=O) groups excluding carboxylic acids is 2. The molecule has 3 amide bonds. The fraction of sp³-hybridized carbons (Fsp3) is 0.800. The molecule has 0 bridgehead atoms. The molecule has 0 aromatic carbocycles. The Hall–Kier alpha value is -1.06. The number of carbonyl (C=O) groups is 2. The second kappa shape index (κ2) is 3.59. The summed E-state index contributed by atoms with van der Waals surface area (Å²) in [5, 5.41) is 0. The molecule has 80 valence electrons. The molecule has 14 heavy (non-hydrogen) atoms. The number of hydrogen-bond donors (Lipinski definition) is 0. The number of likely N-dealkylation sites (N-methyl/N-ethyl adjacent to an activating group) is 1. The number of rotatable bonds is 2. The zero-order valence-corrected chi connectivity index (χ0v) is 9.33. The van der Waals surface area contributed by atoms with Crippen LogP contribution in [0.25, 0.3) is 0 Å². The molecule has 1 aliphatic heterocycles. The van der Waals surface area contributed by atoms with Crippen LogP contribution in [-0.4, -0.2) is 41.4 Å². The van der Waals surface area contributed by atoms with Crippen molar-refractivity contribution in [3.8, 4) is 0 Å². The predicted molar refractivity (Wildman–Crippen MR) is 53.8 cm³/mol. The Morgan fingerprint density at radius 1 is 1.29 bits per heavy atom. The molecule has 0 saturated carbocycles. The molecule has 1 fully saturated rings. The van der Waals surface area contributed by atoms with Crippen molar-refractivity contribution in [2.75, 3.05) is 19.6 Å². The fourth-order valence-electron chi connectivity index (χ4n) is 1.47. The fourth-order valence-corrected chi connectivity index (χ4v) is 1.47. The zero-order valence-electron chi connectivity index (χ0n) is 9.33. The van der Waals surface area contributed by atoms with E-state index in [0.717, 1.165) is 0 Å². The van der Waals surface area contributed by atoms with E-state index in [1.807, 2.05) is 27.7 Å². The van der Waals surface area contributed by atoms with Crippen LogP contribution in [0.4, 0.5) is 4.79 Å². The Bertz CT molecular complexity index is 255. The van der Waals surface area contributed by atoms with Crippen molar-refractivity contribution < 1.29 is 9.59 Å². The third-order valence-electron chi connectivity index (χ3n) is 2.14. The first-order chi connectivity index (χ1) is 6.35. The molecule has 4 heteroatoms. The van der Waals surface area contributed by atoms with Crippen LogP contribution < -0.4 is 0 Å². The van der Waals surface area contributed by atoms with E-state index >= 15 is 0 Å². The van der Waals surface area contributed by atoms with Crippen LogP contribution >= 0.6 is 0 Å². The molecule has 1 aliphatic rings. The second-order valence-electron chi connectivity index (χ2n) is 4.84. The number of amides is 3. The van der Waals surface area contributed by atoms with E-state index in [0.29, 0.717) is 13.1 Å². The third-order valence-corrected chi connectivity index (χ3v) is 2.14. The van der Waals surface area contributed by atoms with Gasteiger partial charge in [-0.1, -0.05) is 20.8 Å². The first-order valence-corrected chi connectivity index (χ1v) is 4.94. The van der Waals surface area contributed by atoms with E-state index in [-0.39, 0.29) is 23.9 Å². The van der Waals surface area contributed by atoms with Crippen molar-refractivity contribution in [1.82, 2.24) is 9.80 Å². The lowest BCUT2D eigenvalue weighted by Gasteiger charge is -2.24. The van der Waals surface area contributed by atoms with Gasteiger partial charge in [-0.25, -0.2) is 4.79 Å². The quantitative estimate of drug-likeness (QED) is 0.628. The number of hydrogen-bond acceptors (Lipinski definition) is 2. The Morgan fingerprint density at radius 2 is 1.86 bits per heavy atom. The minimum absolute atomic E-state index is 0.0327. The van der Waals surface area contributed by atoms with Gasteiger partial charge in [0, 0.05) is 13.1 Å². The summed E-state index contributed by atoms with van der Waals surface area (Å²) in [7, 11) is 0. The molecular weight excluding hydrogens is 180 g/mol. The van der Waals surface area contributed by atoms with Crippen molar-refractivity contribution in [3.63, 3.8) is 0 Å². The molecule has 0 atom stereocenters. The molecule has 0 aliphatic carbocycles. The lowest BCUT2D eigenvalue weighted by molar-refractivity contribution is -0.126. The number of nitrogens with zero attached hydrogens (tertiary/aromatic N) is 2. The lowest BCUT2D eigenvalue weighted by atomic mass is 9.96. The highest BCUT2D eigenvalue weighted by molar-refractivity contribution is 6.02. The van der Waals surface area contributed by atoms with Crippen molar-refractivity contribution in [3.05, 3.63) is 0 Å². The minimum atomic E-state index is -0.146. The van der Waals surface area contributed by atoms with Gasteiger partial charge in [0.1, 0.15) is 6.54 Å². The summed E-state index contributed by atoms with van der Waals surface area (Å²) in [6.07, 6.45) is 0. The Kier molecular flexibility index (Phi) is 2.83. The van der Waals surface area contributed by atoms with Crippen LogP contribution in [0.3, 0.4) is 0 Å². The Morgan fingerprint density at radius 3 is 2.21 bits per heavy atom. The molecular formula is C10H18N2O2. The van der Waals surface area contributed by atoms with Crippen LogP contribution in [0.1, 0.15) is 27.7 Å². The molecule has 4 nitrogen and oxygen atoms in total. The van der Waals surface area contributed by atoms with Crippen molar-refractivity contribution in [2.45, 2.75) is 27.7 Å². The van der Waals surface area contributed by atoms with Crippen molar-refractivity contribution >= 4 is 11.9 Å². The second-order valence-corrected chi connectivity index (χ2v) is 4.84. The van der Waals surface area contributed by atoms with E-state index in [9.17, 15) is 9.59 Å². The lowest BCUT2D eigenvalue weighted by Crippen LogP contribution is -2.38. The van der Waals surface area contributed by atoms with E-state index in [1.165, 1.54) is 4.90 Å². The molecule has 0 unspecified atom stereocenters. The highest BCUT2D eigenvalue weighted by Crippen LogP contribution is 2.19. The largest absolute Gasteiger partial charge is 0.327 e. The maximum absolute atomic E-state index is 11.7. The third kappa shape index (κ3) is 2.25. The average Bonchev–Trinajstić information content (AvgIpc) is 2.29. The zero-order chi connectivity index (χ0) is 10.9. The molecule has 0 spiro atoms. The van der Waals surface area contributed by atoms with Gasteiger partial charge >= 0.3 is 6.03 Å². The van der Waals surface area contributed by atoms with Gasteiger partial charge in [-0.05, 0) is 12.3 Å². The molecule has 1 rings (SSSR count). The van der Waals surface area contributed by atoms with Crippen molar-refractivity contribution in [2.24, 2.45) is 5.41 Å². The van der Waals surface area contributed by atoms with Gasteiger partial charge in [-0.15, -0.1) is 0 Å². The standard InChI is InChI=1S/C10H18N2O2/c1-5-11-6-8(13)12(9(11)14)7-10(2,3)4/h5-7H2,1-4H3. The average molecular weight is 198 g/mol. The summed E-state index contributed by atoms with van der Waals surface area (Å²) < 4.78 is 0. The molecule has 1 saturated heterocycles. The smallest absolute Gasteiger partial charge is 0.315 e. The number of urea groups is 1. The summed E-state index contributed by atoms with van der Waals surface area (Å²) in [6.45, 7) is 9.27. The highest BCUT2D eigenvalue weighted by atomic mass is 16.2. The SMILES string of the molecule is CCN1CC(=O)N(CC(C)(C)C)C1=O. The maximum Gasteiger partial charge on any atom is 0.327 e. The molecule has 0 aromatic rings. The summed E-state index contributed by atoms with van der Waals surface area (Å²) in [5.74, 6) is -0.0771. The first-order valence-electron chi connectivity index (χ1n) is 4.94. The van der Waals surface area contributed by atoms with Crippen LogP contribution in [-0.2, 0) is 4.79 Å². The van der Waals surface area contributed by atoms with Gasteiger partial charge in [0.25, 0.3) is 0 Å². The van der Waals surface area contributed by atoms with E-state index < -0.39 is 0 Å². The van der Waals surface area contributed by atoms with Gasteiger partial charge in [0.15, 0.2) is 0 Å². The van der Waals surface area contributed by atoms with Gasteiger partial charge < -0.3 is 4.90 Å². The summed E-state index contributed by atoms with van der Waals surface area (Å²) >= 11 is 0.